The summed E-state index contributed by atoms with van der Waals surface area (Å²) in [5.74, 6) is 0.314. The first-order chi connectivity index (χ1) is 13.6. The van der Waals surface area contributed by atoms with Crippen molar-refractivity contribution in [1.82, 2.24) is 20.0 Å². The van der Waals surface area contributed by atoms with Crippen LogP contribution in [0.15, 0.2) is 30.5 Å². The van der Waals surface area contributed by atoms with Crippen LogP contribution in [0.3, 0.4) is 0 Å². The van der Waals surface area contributed by atoms with Gasteiger partial charge < -0.3 is 9.80 Å². The van der Waals surface area contributed by atoms with Crippen LogP contribution in [0.1, 0.15) is 65.2 Å². The number of H-pyrrole nitrogens is 1. The Morgan fingerprint density at radius 2 is 1.89 bits per heavy atom. The number of nitrogens with one attached hydrogen (secondary N) is 1. The van der Waals surface area contributed by atoms with E-state index in [4.69, 9.17) is 0 Å². The van der Waals surface area contributed by atoms with E-state index in [0.717, 1.165) is 24.1 Å². The van der Waals surface area contributed by atoms with E-state index in [-0.39, 0.29) is 18.4 Å². The first kappa shape index (κ1) is 18.7. The van der Waals surface area contributed by atoms with Gasteiger partial charge in [0.15, 0.2) is 0 Å². The van der Waals surface area contributed by atoms with Crippen molar-refractivity contribution in [2.24, 2.45) is 0 Å². The molecule has 2 amide bonds. The molecule has 0 radical (unpaired) electrons. The highest BCUT2D eigenvalue weighted by atomic mass is 16.2. The van der Waals surface area contributed by atoms with Crippen molar-refractivity contribution in [2.45, 2.75) is 51.5 Å². The van der Waals surface area contributed by atoms with Gasteiger partial charge in [0.2, 0.25) is 5.91 Å². The highest BCUT2D eigenvalue weighted by Gasteiger charge is 2.31. The summed E-state index contributed by atoms with van der Waals surface area (Å²) in [6.45, 7) is 3.91. The van der Waals surface area contributed by atoms with Gasteiger partial charge in [0.05, 0.1) is 17.5 Å². The van der Waals surface area contributed by atoms with E-state index in [9.17, 15) is 9.59 Å². The Hall–Kier alpha value is -2.63. The molecular weight excluding hydrogens is 352 g/mol. The molecule has 2 heterocycles. The largest absolute Gasteiger partial charge is 0.335 e. The third-order valence-electron chi connectivity index (χ3n) is 6.01. The number of carbonyl (C=O) groups is 2. The van der Waals surface area contributed by atoms with Gasteiger partial charge in [0, 0.05) is 25.6 Å². The van der Waals surface area contributed by atoms with E-state index in [2.05, 4.69) is 41.4 Å². The van der Waals surface area contributed by atoms with Crippen LogP contribution in [-0.4, -0.2) is 51.4 Å². The molecule has 0 unspecified atom stereocenters. The van der Waals surface area contributed by atoms with E-state index in [1.54, 1.807) is 11.1 Å². The molecular formula is C22H28N4O2. The van der Waals surface area contributed by atoms with E-state index in [1.165, 1.54) is 24.8 Å². The van der Waals surface area contributed by atoms with Gasteiger partial charge in [0.25, 0.3) is 5.91 Å². The quantitative estimate of drug-likeness (QED) is 0.885. The summed E-state index contributed by atoms with van der Waals surface area (Å²) in [6.07, 6.45) is 7.51. The average Bonchev–Trinajstić information content (AvgIpc) is 3.21. The zero-order valence-corrected chi connectivity index (χ0v) is 16.5. The summed E-state index contributed by atoms with van der Waals surface area (Å²) in [6, 6.07) is 8.24. The average molecular weight is 380 g/mol. The second-order valence-electron chi connectivity index (χ2n) is 8.06. The molecule has 1 aromatic carbocycles. The van der Waals surface area contributed by atoms with Gasteiger partial charge >= 0.3 is 0 Å². The lowest BCUT2D eigenvalue weighted by Crippen LogP contribution is -2.51. The second kappa shape index (κ2) is 8.17. The Balaban J connectivity index is 1.40. The van der Waals surface area contributed by atoms with Crippen molar-refractivity contribution >= 4 is 11.8 Å². The topological polar surface area (TPSA) is 69.3 Å². The molecule has 2 fully saturated rings. The number of piperazine rings is 1. The number of aryl methyl sites for hydroxylation is 1. The third kappa shape index (κ3) is 3.96. The maximum atomic E-state index is 13.1. The van der Waals surface area contributed by atoms with Crippen molar-refractivity contribution in [2.75, 3.05) is 19.6 Å². The van der Waals surface area contributed by atoms with Crippen LogP contribution in [-0.2, 0) is 11.3 Å². The molecule has 0 bridgehead atoms. The molecule has 2 aliphatic rings. The molecule has 1 saturated heterocycles. The minimum absolute atomic E-state index is 0.00267. The Morgan fingerprint density at radius 3 is 2.61 bits per heavy atom. The SMILES string of the molecule is Cc1ccc(CN2CCN(C(=O)c3cn[nH]c3C3CCCCC3)CC2=O)cc1. The van der Waals surface area contributed by atoms with E-state index >= 15 is 0 Å². The fourth-order valence-corrected chi connectivity index (χ4v) is 4.30. The number of hydrogen-bond acceptors (Lipinski definition) is 3. The summed E-state index contributed by atoms with van der Waals surface area (Å²) in [7, 11) is 0. The molecule has 6 nitrogen and oxygen atoms in total. The van der Waals surface area contributed by atoms with Crippen LogP contribution in [0, 0.1) is 6.92 Å². The molecule has 148 valence electrons. The number of rotatable bonds is 4. The second-order valence-corrected chi connectivity index (χ2v) is 8.06. The summed E-state index contributed by atoms with van der Waals surface area (Å²) >= 11 is 0. The van der Waals surface area contributed by atoms with Crippen molar-refractivity contribution in [3.8, 4) is 0 Å². The highest BCUT2D eigenvalue weighted by Crippen LogP contribution is 2.33. The number of aromatic nitrogens is 2. The van der Waals surface area contributed by atoms with Crippen LogP contribution in [0.25, 0.3) is 0 Å². The maximum Gasteiger partial charge on any atom is 0.257 e. The zero-order chi connectivity index (χ0) is 19.5. The van der Waals surface area contributed by atoms with Crippen molar-refractivity contribution in [3.63, 3.8) is 0 Å². The number of nitrogens with zero attached hydrogens (tertiary/aromatic N) is 3. The lowest BCUT2D eigenvalue weighted by atomic mass is 9.85. The summed E-state index contributed by atoms with van der Waals surface area (Å²) in [4.78, 5) is 29.2. The summed E-state index contributed by atoms with van der Waals surface area (Å²) in [5.41, 5.74) is 3.93. The van der Waals surface area contributed by atoms with Gasteiger partial charge in [-0.2, -0.15) is 5.10 Å². The predicted molar refractivity (Wildman–Crippen MR) is 107 cm³/mol. The van der Waals surface area contributed by atoms with Gasteiger partial charge in [-0.15, -0.1) is 0 Å². The molecule has 6 heteroatoms. The molecule has 1 aromatic heterocycles. The minimum Gasteiger partial charge on any atom is -0.335 e. The number of carbonyl (C=O) groups excluding carboxylic acids is 2. The van der Waals surface area contributed by atoms with Gasteiger partial charge in [-0.1, -0.05) is 49.1 Å². The van der Waals surface area contributed by atoms with E-state index in [1.807, 2.05) is 4.90 Å². The fourth-order valence-electron chi connectivity index (χ4n) is 4.30. The van der Waals surface area contributed by atoms with Gasteiger partial charge in [-0.3, -0.25) is 14.7 Å². The molecule has 2 aromatic rings. The van der Waals surface area contributed by atoms with Crippen LogP contribution in [0.2, 0.25) is 0 Å². The van der Waals surface area contributed by atoms with Gasteiger partial charge in [-0.05, 0) is 25.3 Å². The predicted octanol–water partition coefficient (Wildman–Crippen LogP) is 3.25. The van der Waals surface area contributed by atoms with Crippen molar-refractivity contribution in [3.05, 3.63) is 52.8 Å². The first-order valence-corrected chi connectivity index (χ1v) is 10.3. The van der Waals surface area contributed by atoms with Crippen LogP contribution >= 0.6 is 0 Å². The number of amides is 2. The van der Waals surface area contributed by atoms with Crippen LogP contribution < -0.4 is 0 Å². The molecule has 4 rings (SSSR count). The minimum atomic E-state index is -0.0716. The van der Waals surface area contributed by atoms with Gasteiger partial charge in [-0.25, -0.2) is 0 Å². The Morgan fingerprint density at radius 1 is 1.14 bits per heavy atom. The molecule has 1 saturated carbocycles. The fraction of sp³-hybridized carbons (Fsp3) is 0.500. The number of benzene rings is 1. The van der Waals surface area contributed by atoms with Crippen LogP contribution in [0.5, 0.6) is 0 Å². The standard InChI is InChI=1S/C22H28N4O2/c1-16-7-9-17(10-8-16)14-25-11-12-26(15-20(25)27)22(28)19-13-23-24-21(19)18-5-3-2-4-6-18/h7-10,13,18H,2-6,11-12,14-15H2,1H3,(H,23,24). The van der Waals surface area contributed by atoms with Crippen molar-refractivity contribution < 1.29 is 9.59 Å². The van der Waals surface area contributed by atoms with E-state index < -0.39 is 0 Å². The zero-order valence-electron chi connectivity index (χ0n) is 16.5. The molecule has 1 N–H and O–H groups in total. The van der Waals surface area contributed by atoms with E-state index in [0.29, 0.717) is 31.1 Å². The lowest BCUT2D eigenvalue weighted by molar-refractivity contribution is -0.135. The number of hydrogen-bond donors (Lipinski definition) is 1. The monoisotopic (exact) mass is 380 g/mol. The maximum absolute atomic E-state index is 13.1. The van der Waals surface area contributed by atoms with Gasteiger partial charge in [0.1, 0.15) is 6.54 Å². The summed E-state index contributed by atoms with van der Waals surface area (Å²) in [5, 5.41) is 7.20. The Labute approximate surface area is 165 Å². The summed E-state index contributed by atoms with van der Waals surface area (Å²) < 4.78 is 0. The third-order valence-corrected chi connectivity index (χ3v) is 6.01. The highest BCUT2D eigenvalue weighted by molar-refractivity contribution is 5.97. The Kier molecular flexibility index (Phi) is 5.46. The first-order valence-electron chi connectivity index (χ1n) is 10.3. The molecule has 28 heavy (non-hydrogen) atoms. The molecule has 0 spiro atoms. The number of aromatic amines is 1. The molecule has 0 atom stereocenters. The lowest BCUT2D eigenvalue weighted by Gasteiger charge is -2.34. The van der Waals surface area contributed by atoms with Crippen molar-refractivity contribution in [1.29, 1.82) is 0 Å². The normalized spacial score (nSPS) is 18.5. The Bertz CT molecular complexity index is 836. The molecule has 1 aliphatic heterocycles. The smallest absolute Gasteiger partial charge is 0.257 e. The molecule has 1 aliphatic carbocycles. The van der Waals surface area contributed by atoms with Crippen LogP contribution in [0.4, 0.5) is 0 Å².